The number of ether oxygens (including phenoxy) is 2. The molecule has 1 saturated heterocycles. The number of nitrogens with zero attached hydrogens (tertiary/aromatic N) is 2. The van der Waals surface area contributed by atoms with E-state index in [2.05, 4.69) is 6.58 Å². The van der Waals surface area contributed by atoms with Gasteiger partial charge >= 0.3 is 6.09 Å². The maximum atomic E-state index is 12.3. The number of carbonyl (C=O) groups is 2. The Balaban J connectivity index is 1.68. The number of aryl methyl sites for hydroxylation is 2. The zero-order chi connectivity index (χ0) is 18.9. The summed E-state index contributed by atoms with van der Waals surface area (Å²) < 4.78 is 10.9. The number of carbonyl (C=O) groups excluding carboxylic acids is 2. The molecule has 1 heterocycles. The van der Waals surface area contributed by atoms with Gasteiger partial charge in [-0.15, -0.1) is 0 Å². The number of amides is 2. The molecule has 0 spiro atoms. The van der Waals surface area contributed by atoms with Gasteiger partial charge in [0.25, 0.3) is 0 Å². The molecule has 1 fully saturated rings. The highest BCUT2D eigenvalue weighted by Crippen LogP contribution is 2.22. The number of benzene rings is 1. The molecule has 0 N–H and O–H groups in total. The summed E-state index contributed by atoms with van der Waals surface area (Å²) in [6, 6.07) is 6.05. The largest absolute Gasteiger partial charge is 0.493 e. The zero-order valence-corrected chi connectivity index (χ0v) is 15.7. The van der Waals surface area contributed by atoms with Crippen LogP contribution in [0.15, 0.2) is 30.9 Å². The molecule has 2 rings (SSSR count). The van der Waals surface area contributed by atoms with Crippen LogP contribution in [0.1, 0.15) is 24.0 Å². The second-order valence-electron chi connectivity index (χ2n) is 6.41. The molecule has 1 aliphatic rings. The summed E-state index contributed by atoms with van der Waals surface area (Å²) in [5, 5.41) is 0. The molecular weight excluding hydrogens is 332 g/mol. The molecule has 0 saturated carbocycles. The highest BCUT2D eigenvalue weighted by atomic mass is 16.6. The fourth-order valence-electron chi connectivity index (χ4n) is 2.94. The van der Waals surface area contributed by atoms with Gasteiger partial charge in [-0.2, -0.15) is 0 Å². The first-order chi connectivity index (χ1) is 12.5. The Bertz CT molecular complexity index is 616. The van der Waals surface area contributed by atoms with Crippen molar-refractivity contribution in [3.8, 4) is 5.75 Å². The minimum absolute atomic E-state index is 0.106. The maximum absolute atomic E-state index is 12.3. The molecule has 0 unspecified atom stereocenters. The molecule has 6 heteroatoms. The Morgan fingerprint density at radius 3 is 2.35 bits per heavy atom. The smallest absolute Gasteiger partial charge is 0.410 e. The molecule has 0 aromatic heterocycles. The van der Waals surface area contributed by atoms with Crippen molar-refractivity contribution >= 4 is 12.0 Å². The fourth-order valence-corrected chi connectivity index (χ4v) is 2.94. The monoisotopic (exact) mass is 360 g/mol. The molecule has 1 aliphatic heterocycles. The van der Waals surface area contributed by atoms with Crippen molar-refractivity contribution in [2.75, 3.05) is 39.4 Å². The number of piperazine rings is 1. The first-order valence-electron chi connectivity index (χ1n) is 9.02. The minimum Gasteiger partial charge on any atom is -0.493 e. The third kappa shape index (κ3) is 5.51. The predicted octanol–water partition coefficient (Wildman–Crippen LogP) is 2.93. The van der Waals surface area contributed by atoms with Crippen molar-refractivity contribution in [1.29, 1.82) is 0 Å². The zero-order valence-electron chi connectivity index (χ0n) is 15.7. The summed E-state index contributed by atoms with van der Waals surface area (Å²) in [7, 11) is 0. The number of hydrogen-bond acceptors (Lipinski definition) is 4. The predicted molar refractivity (Wildman–Crippen MR) is 100 cm³/mol. The topological polar surface area (TPSA) is 59.1 Å². The first-order valence-corrected chi connectivity index (χ1v) is 9.02. The van der Waals surface area contributed by atoms with Crippen LogP contribution in [0.4, 0.5) is 4.79 Å². The molecule has 2 amide bonds. The van der Waals surface area contributed by atoms with Crippen molar-refractivity contribution in [3.63, 3.8) is 0 Å². The summed E-state index contributed by atoms with van der Waals surface area (Å²) >= 11 is 0. The quantitative estimate of drug-likeness (QED) is 0.554. The van der Waals surface area contributed by atoms with Gasteiger partial charge in [0.2, 0.25) is 5.91 Å². The molecule has 0 atom stereocenters. The van der Waals surface area contributed by atoms with Crippen LogP contribution in [-0.2, 0) is 9.53 Å². The average molecular weight is 360 g/mol. The summed E-state index contributed by atoms with van der Waals surface area (Å²) in [6.07, 6.45) is 2.32. The summed E-state index contributed by atoms with van der Waals surface area (Å²) in [6.45, 7) is 10.4. The number of hydrogen-bond donors (Lipinski definition) is 0. The fraction of sp³-hybridized carbons (Fsp3) is 0.500. The van der Waals surface area contributed by atoms with Crippen LogP contribution >= 0.6 is 0 Å². The summed E-state index contributed by atoms with van der Waals surface area (Å²) in [5.41, 5.74) is 2.21. The van der Waals surface area contributed by atoms with Crippen LogP contribution in [0.3, 0.4) is 0 Å². The van der Waals surface area contributed by atoms with Crippen molar-refractivity contribution in [1.82, 2.24) is 9.80 Å². The van der Waals surface area contributed by atoms with Gasteiger partial charge in [0, 0.05) is 32.6 Å². The molecule has 0 bridgehead atoms. The van der Waals surface area contributed by atoms with E-state index in [0.29, 0.717) is 45.6 Å². The van der Waals surface area contributed by atoms with Crippen LogP contribution in [0.25, 0.3) is 0 Å². The van der Waals surface area contributed by atoms with Gasteiger partial charge < -0.3 is 19.3 Å². The molecule has 0 radical (unpaired) electrons. The van der Waals surface area contributed by atoms with Gasteiger partial charge in [-0.25, -0.2) is 4.79 Å². The molecule has 142 valence electrons. The van der Waals surface area contributed by atoms with Crippen LogP contribution in [-0.4, -0.2) is 61.2 Å². The Morgan fingerprint density at radius 1 is 1.12 bits per heavy atom. The molecule has 6 nitrogen and oxygen atoms in total. The Kier molecular flexibility index (Phi) is 7.51. The lowest BCUT2D eigenvalue weighted by Crippen LogP contribution is -2.50. The first kappa shape index (κ1) is 19.8. The van der Waals surface area contributed by atoms with Crippen molar-refractivity contribution < 1.29 is 19.1 Å². The Labute approximate surface area is 155 Å². The van der Waals surface area contributed by atoms with Gasteiger partial charge in [-0.1, -0.05) is 30.9 Å². The van der Waals surface area contributed by atoms with Crippen LogP contribution in [0.5, 0.6) is 5.75 Å². The van der Waals surface area contributed by atoms with E-state index in [1.807, 2.05) is 32.0 Å². The third-order valence-electron chi connectivity index (χ3n) is 4.41. The highest BCUT2D eigenvalue weighted by Gasteiger charge is 2.24. The van der Waals surface area contributed by atoms with Crippen molar-refractivity contribution in [2.24, 2.45) is 0 Å². The Hall–Kier alpha value is -2.50. The van der Waals surface area contributed by atoms with E-state index >= 15 is 0 Å². The van der Waals surface area contributed by atoms with E-state index in [1.54, 1.807) is 9.80 Å². The second kappa shape index (κ2) is 9.85. The Morgan fingerprint density at radius 2 is 1.73 bits per heavy atom. The van der Waals surface area contributed by atoms with E-state index in [1.165, 1.54) is 6.08 Å². The molecule has 1 aromatic rings. The maximum Gasteiger partial charge on any atom is 0.410 e. The van der Waals surface area contributed by atoms with E-state index in [9.17, 15) is 9.59 Å². The summed E-state index contributed by atoms with van der Waals surface area (Å²) in [4.78, 5) is 27.5. The lowest BCUT2D eigenvalue weighted by molar-refractivity contribution is -0.133. The molecule has 26 heavy (non-hydrogen) atoms. The lowest BCUT2D eigenvalue weighted by atomic mass is 10.1. The van der Waals surface area contributed by atoms with Gasteiger partial charge in [0.15, 0.2) is 0 Å². The molecule has 0 aliphatic carbocycles. The summed E-state index contributed by atoms with van der Waals surface area (Å²) in [5.74, 6) is 1.01. The average Bonchev–Trinajstić information content (AvgIpc) is 2.65. The number of rotatable bonds is 7. The standard InChI is InChI=1S/C20H28N2O4/c1-4-14-26-20(24)22-12-10-21(11-13-22)18(23)9-6-15-25-19-16(2)7-5-8-17(19)3/h4-5,7-8H,1,6,9-15H2,2-3H3. The minimum atomic E-state index is -0.348. The molecule has 1 aromatic carbocycles. The lowest BCUT2D eigenvalue weighted by Gasteiger charge is -2.34. The van der Waals surface area contributed by atoms with E-state index in [0.717, 1.165) is 16.9 Å². The van der Waals surface area contributed by atoms with Crippen molar-refractivity contribution in [3.05, 3.63) is 42.0 Å². The van der Waals surface area contributed by atoms with Gasteiger partial charge in [-0.05, 0) is 31.4 Å². The van der Waals surface area contributed by atoms with Crippen molar-refractivity contribution in [2.45, 2.75) is 26.7 Å². The highest BCUT2D eigenvalue weighted by molar-refractivity contribution is 5.76. The van der Waals surface area contributed by atoms with Crippen LogP contribution in [0.2, 0.25) is 0 Å². The van der Waals surface area contributed by atoms with Crippen LogP contribution in [0, 0.1) is 13.8 Å². The molecular formula is C20H28N2O4. The van der Waals surface area contributed by atoms with Gasteiger partial charge in [0.1, 0.15) is 12.4 Å². The number of para-hydroxylation sites is 1. The van der Waals surface area contributed by atoms with Crippen LogP contribution < -0.4 is 4.74 Å². The SMILES string of the molecule is C=CCOC(=O)N1CCN(C(=O)CCCOc2c(C)cccc2C)CC1. The van der Waals surface area contributed by atoms with Gasteiger partial charge in [0.05, 0.1) is 6.61 Å². The van der Waals surface area contributed by atoms with Gasteiger partial charge in [-0.3, -0.25) is 4.79 Å². The normalized spacial score (nSPS) is 14.1. The van der Waals surface area contributed by atoms with E-state index in [4.69, 9.17) is 9.47 Å². The third-order valence-corrected chi connectivity index (χ3v) is 4.41. The second-order valence-corrected chi connectivity index (χ2v) is 6.41. The van der Waals surface area contributed by atoms with E-state index < -0.39 is 0 Å². The van der Waals surface area contributed by atoms with E-state index in [-0.39, 0.29) is 18.6 Å².